The molecule has 0 spiro atoms. The Morgan fingerprint density at radius 3 is 2.53 bits per heavy atom. The van der Waals surface area contributed by atoms with Crippen molar-refractivity contribution in [2.24, 2.45) is 0 Å². The summed E-state index contributed by atoms with van der Waals surface area (Å²) in [5.74, 6) is 0.164. The van der Waals surface area contributed by atoms with Gasteiger partial charge in [-0.2, -0.15) is 0 Å². The molecule has 17 heavy (non-hydrogen) atoms. The topological polar surface area (TPSA) is 9.23 Å². The van der Waals surface area contributed by atoms with Gasteiger partial charge >= 0.3 is 0 Å². The van der Waals surface area contributed by atoms with E-state index in [1.165, 1.54) is 32.1 Å². The summed E-state index contributed by atoms with van der Waals surface area (Å²) in [7, 11) is 0. The largest absolute Gasteiger partial charge is 0.491 e. The molecule has 0 unspecified atom stereocenters. The van der Waals surface area contributed by atoms with Crippen LogP contribution in [0.5, 0.6) is 5.75 Å². The van der Waals surface area contributed by atoms with Crippen molar-refractivity contribution in [3.63, 3.8) is 0 Å². The first-order valence-corrected chi connectivity index (χ1v) is 6.63. The average molecular weight is 238 g/mol. The summed E-state index contributed by atoms with van der Waals surface area (Å²) in [6.07, 6.45) is 7.33. The van der Waals surface area contributed by atoms with Gasteiger partial charge in [-0.15, -0.1) is 0 Å². The first-order chi connectivity index (χ1) is 8.25. The number of rotatable bonds is 8. The summed E-state index contributed by atoms with van der Waals surface area (Å²) in [6.45, 7) is 4.59. The maximum Gasteiger partial charge on any atom is 0.167 e. The third-order valence-corrected chi connectivity index (χ3v) is 2.91. The molecule has 0 saturated carbocycles. The second kappa shape index (κ2) is 8.10. The van der Waals surface area contributed by atoms with E-state index in [9.17, 15) is 4.39 Å². The second-order valence-corrected chi connectivity index (χ2v) is 4.50. The molecular formula is C15H23FO. The van der Waals surface area contributed by atoms with Gasteiger partial charge < -0.3 is 4.74 Å². The zero-order valence-corrected chi connectivity index (χ0v) is 11.0. The Bertz CT molecular complexity index is 323. The first-order valence-electron chi connectivity index (χ1n) is 6.63. The van der Waals surface area contributed by atoms with Crippen molar-refractivity contribution in [3.05, 3.63) is 29.6 Å². The zero-order chi connectivity index (χ0) is 12.5. The lowest BCUT2D eigenvalue weighted by Crippen LogP contribution is -2.00. The third-order valence-electron chi connectivity index (χ3n) is 2.91. The predicted molar refractivity (Wildman–Crippen MR) is 70.0 cm³/mol. The van der Waals surface area contributed by atoms with Crippen LogP contribution in [0.1, 0.15) is 51.0 Å². The van der Waals surface area contributed by atoms with Crippen LogP contribution in [-0.4, -0.2) is 6.61 Å². The van der Waals surface area contributed by atoms with E-state index in [0.29, 0.717) is 17.9 Å². The number of ether oxygens (including phenoxy) is 1. The summed E-state index contributed by atoms with van der Waals surface area (Å²) in [5, 5.41) is 0. The van der Waals surface area contributed by atoms with Crippen LogP contribution in [0.2, 0.25) is 0 Å². The van der Waals surface area contributed by atoms with Crippen LogP contribution < -0.4 is 4.74 Å². The fourth-order valence-electron chi connectivity index (χ4n) is 1.80. The minimum absolute atomic E-state index is 0.224. The predicted octanol–water partition coefficient (Wildman–Crippen LogP) is 4.87. The Balaban J connectivity index is 2.16. The van der Waals surface area contributed by atoms with Crippen LogP contribution in [0.25, 0.3) is 0 Å². The van der Waals surface area contributed by atoms with Gasteiger partial charge in [-0.3, -0.25) is 0 Å². The molecule has 2 heteroatoms. The maximum absolute atomic E-state index is 13.6. The fourth-order valence-corrected chi connectivity index (χ4v) is 1.80. The summed E-state index contributed by atoms with van der Waals surface area (Å²) < 4.78 is 19.0. The van der Waals surface area contributed by atoms with Crippen molar-refractivity contribution in [1.29, 1.82) is 0 Å². The molecule has 0 aromatic heterocycles. The highest BCUT2D eigenvalue weighted by Crippen LogP contribution is 2.19. The minimum Gasteiger partial charge on any atom is -0.491 e. The van der Waals surface area contributed by atoms with E-state index in [2.05, 4.69) is 6.92 Å². The van der Waals surface area contributed by atoms with Gasteiger partial charge in [-0.1, -0.05) is 51.2 Å². The van der Waals surface area contributed by atoms with E-state index < -0.39 is 0 Å². The van der Waals surface area contributed by atoms with Gasteiger partial charge in [0.15, 0.2) is 11.6 Å². The molecule has 0 radical (unpaired) electrons. The van der Waals surface area contributed by atoms with E-state index in [1.807, 2.05) is 6.07 Å². The lowest BCUT2D eigenvalue weighted by Gasteiger charge is -2.08. The van der Waals surface area contributed by atoms with Crippen molar-refractivity contribution >= 4 is 0 Å². The summed E-state index contributed by atoms with van der Waals surface area (Å²) in [4.78, 5) is 0. The molecule has 0 atom stereocenters. The van der Waals surface area contributed by atoms with Gasteiger partial charge in [0.25, 0.3) is 0 Å². The van der Waals surface area contributed by atoms with Crippen molar-refractivity contribution in [2.75, 3.05) is 6.61 Å². The second-order valence-electron chi connectivity index (χ2n) is 4.50. The fraction of sp³-hybridized carbons (Fsp3) is 0.600. The molecule has 0 N–H and O–H groups in total. The molecule has 0 fully saturated rings. The number of aryl methyl sites for hydroxylation is 1. The van der Waals surface area contributed by atoms with E-state index >= 15 is 0 Å². The van der Waals surface area contributed by atoms with Crippen molar-refractivity contribution in [3.8, 4) is 5.75 Å². The SMILES string of the molecule is CCCCCCCCOc1cccc(C)c1F. The Labute approximate surface area is 104 Å². The van der Waals surface area contributed by atoms with Gasteiger partial charge in [0.1, 0.15) is 0 Å². The van der Waals surface area contributed by atoms with Crippen molar-refractivity contribution in [2.45, 2.75) is 52.4 Å². The molecule has 1 nitrogen and oxygen atoms in total. The van der Waals surface area contributed by atoms with Crippen LogP contribution in [0, 0.1) is 12.7 Å². The molecule has 1 aromatic carbocycles. The molecule has 1 aromatic rings. The Morgan fingerprint density at radius 1 is 1.06 bits per heavy atom. The summed E-state index contributed by atoms with van der Waals surface area (Å²) >= 11 is 0. The van der Waals surface area contributed by atoms with Crippen LogP contribution in [0.15, 0.2) is 18.2 Å². The van der Waals surface area contributed by atoms with E-state index in [4.69, 9.17) is 4.74 Å². The maximum atomic E-state index is 13.6. The number of unbranched alkanes of at least 4 members (excludes halogenated alkanes) is 5. The van der Waals surface area contributed by atoms with Crippen LogP contribution in [-0.2, 0) is 0 Å². The number of hydrogen-bond donors (Lipinski definition) is 0. The lowest BCUT2D eigenvalue weighted by molar-refractivity contribution is 0.289. The van der Waals surface area contributed by atoms with Gasteiger partial charge in [0.05, 0.1) is 6.61 Å². The Kier molecular flexibility index (Phi) is 6.68. The third kappa shape index (κ3) is 5.20. The minimum atomic E-state index is -0.224. The highest BCUT2D eigenvalue weighted by Gasteiger charge is 2.04. The van der Waals surface area contributed by atoms with Crippen LogP contribution in [0.3, 0.4) is 0 Å². The molecule has 0 heterocycles. The summed E-state index contributed by atoms with van der Waals surface area (Å²) in [6, 6.07) is 5.28. The first kappa shape index (κ1) is 14.0. The molecule has 0 bridgehead atoms. The molecular weight excluding hydrogens is 215 g/mol. The Hall–Kier alpha value is -1.05. The van der Waals surface area contributed by atoms with Crippen molar-refractivity contribution in [1.82, 2.24) is 0 Å². The monoisotopic (exact) mass is 238 g/mol. The number of hydrogen-bond acceptors (Lipinski definition) is 1. The van der Waals surface area contributed by atoms with E-state index in [1.54, 1.807) is 19.1 Å². The highest BCUT2D eigenvalue weighted by molar-refractivity contribution is 5.29. The normalized spacial score (nSPS) is 10.5. The zero-order valence-electron chi connectivity index (χ0n) is 11.0. The average Bonchev–Trinajstić information content (AvgIpc) is 2.33. The standard InChI is InChI=1S/C15H23FO/c1-3-4-5-6-7-8-12-17-14-11-9-10-13(2)15(14)16/h9-11H,3-8,12H2,1-2H3. The van der Waals surface area contributed by atoms with Crippen molar-refractivity contribution < 1.29 is 9.13 Å². The molecule has 96 valence electrons. The van der Waals surface area contributed by atoms with Crippen LogP contribution >= 0.6 is 0 Å². The molecule has 0 amide bonds. The highest BCUT2D eigenvalue weighted by atomic mass is 19.1. The van der Waals surface area contributed by atoms with Gasteiger partial charge in [0, 0.05) is 0 Å². The van der Waals surface area contributed by atoms with Gasteiger partial charge in [-0.05, 0) is 25.0 Å². The molecule has 0 aliphatic carbocycles. The Morgan fingerprint density at radius 2 is 1.76 bits per heavy atom. The van der Waals surface area contributed by atoms with Gasteiger partial charge in [-0.25, -0.2) is 4.39 Å². The van der Waals surface area contributed by atoms with Gasteiger partial charge in [0.2, 0.25) is 0 Å². The van der Waals surface area contributed by atoms with E-state index in [0.717, 1.165) is 6.42 Å². The molecule has 1 rings (SSSR count). The van der Waals surface area contributed by atoms with E-state index in [-0.39, 0.29) is 5.82 Å². The molecule has 0 aliphatic rings. The lowest BCUT2D eigenvalue weighted by atomic mass is 10.1. The van der Waals surface area contributed by atoms with Crippen LogP contribution in [0.4, 0.5) is 4.39 Å². The number of halogens is 1. The quantitative estimate of drug-likeness (QED) is 0.587. The molecule has 0 saturated heterocycles. The number of benzene rings is 1. The summed E-state index contributed by atoms with van der Waals surface area (Å²) in [5.41, 5.74) is 0.644. The molecule has 0 aliphatic heterocycles. The smallest absolute Gasteiger partial charge is 0.167 e.